The quantitative estimate of drug-likeness (QED) is 0.774. The number of nitrogens with one attached hydrogen (secondary N) is 1. The van der Waals surface area contributed by atoms with E-state index in [9.17, 15) is 0 Å². The van der Waals surface area contributed by atoms with Crippen molar-refractivity contribution in [2.45, 2.75) is 44.7 Å². The fraction of sp³-hybridized carbons (Fsp3) is 0.571. The number of rotatable bonds is 1. The summed E-state index contributed by atoms with van der Waals surface area (Å²) in [7, 11) is 0. The Balaban J connectivity index is 1.86. The van der Waals surface area contributed by atoms with Gasteiger partial charge in [0.05, 0.1) is 0 Å². The fourth-order valence-corrected chi connectivity index (χ4v) is 3.41. The second kappa shape index (κ2) is 4.38. The van der Waals surface area contributed by atoms with Gasteiger partial charge in [-0.3, -0.25) is 0 Å². The van der Waals surface area contributed by atoms with Crippen LogP contribution in [0.4, 0.5) is 0 Å². The average Bonchev–Trinajstić information content (AvgIpc) is 2.73. The van der Waals surface area contributed by atoms with Crippen molar-refractivity contribution in [1.29, 1.82) is 0 Å². The second-order valence-electron chi connectivity index (χ2n) is 5.10. The summed E-state index contributed by atoms with van der Waals surface area (Å²) in [5.74, 6) is 0.827. The summed E-state index contributed by atoms with van der Waals surface area (Å²) < 4.78 is 0. The molecule has 1 fully saturated rings. The normalized spacial score (nSPS) is 25.7. The van der Waals surface area contributed by atoms with E-state index >= 15 is 0 Å². The van der Waals surface area contributed by atoms with Crippen molar-refractivity contribution in [3.05, 3.63) is 34.3 Å². The summed E-state index contributed by atoms with van der Waals surface area (Å²) in [5, 5.41) is 4.54. The molecule has 1 aliphatic carbocycles. The first-order chi connectivity index (χ1) is 7.84. The van der Waals surface area contributed by atoms with Crippen LogP contribution in [0.25, 0.3) is 0 Å². The number of halogens is 1. The van der Waals surface area contributed by atoms with Crippen molar-refractivity contribution in [2.75, 3.05) is 0 Å². The molecule has 16 heavy (non-hydrogen) atoms. The highest BCUT2D eigenvalue weighted by atomic mass is 35.5. The van der Waals surface area contributed by atoms with Gasteiger partial charge in [0.15, 0.2) is 0 Å². The maximum absolute atomic E-state index is 6.10. The van der Waals surface area contributed by atoms with Crippen molar-refractivity contribution >= 4 is 11.6 Å². The Kier molecular flexibility index (Phi) is 2.91. The molecular weight excluding hydrogens is 218 g/mol. The molecule has 0 spiro atoms. The molecule has 1 saturated carbocycles. The zero-order valence-electron chi connectivity index (χ0n) is 9.51. The predicted molar refractivity (Wildman–Crippen MR) is 67.6 cm³/mol. The van der Waals surface area contributed by atoms with Crippen LogP contribution < -0.4 is 5.32 Å². The minimum atomic E-state index is 0.564. The van der Waals surface area contributed by atoms with Gasteiger partial charge in [0.1, 0.15) is 0 Å². The Morgan fingerprint density at radius 3 is 2.75 bits per heavy atom. The summed E-state index contributed by atoms with van der Waals surface area (Å²) in [6.07, 6.45) is 6.98. The minimum absolute atomic E-state index is 0.564. The van der Waals surface area contributed by atoms with Gasteiger partial charge < -0.3 is 5.32 Å². The first-order valence-electron chi connectivity index (χ1n) is 6.36. The van der Waals surface area contributed by atoms with Gasteiger partial charge in [-0.15, -0.1) is 0 Å². The van der Waals surface area contributed by atoms with Gasteiger partial charge >= 0.3 is 0 Å². The number of fused-ring (bicyclic) bond motifs is 1. The third-order valence-electron chi connectivity index (χ3n) is 4.08. The number of hydrogen-bond acceptors (Lipinski definition) is 1. The molecule has 3 rings (SSSR count). The molecule has 0 saturated heterocycles. The topological polar surface area (TPSA) is 12.0 Å². The van der Waals surface area contributed by atoms with Gasteiger partial charge in [-0.25, -0.2) is 0 Å². The maximum atomic E-state index is 6.10. The largest absolute Gasteiger partial charge is 0.306 e. The van der Waals surface area contributed by atoms with Crippen molar-refractivity contribution in [3.8, 4) is 0 Å². The molecule has 0 amide bonds. The number of benzene rings is 1. The third kappa shape index (κ3) is 1.87. The van der Waals surface area contributed by atoms with E-state index in [1.165, 1.54) is 43.2 Å². The molecule has 0 aromatic heterocycles. The molecule has 2 aliphatic rings. The van der Waals surface area contributed by atoms with Crippen LogP contribution >= 0.6 is 11.6 Å². The highest BCUT2D eigenvalue weighted by molar-refractivity contribution is 6.30. The van der Waals surface area contributed by atoms with Crippen molar-refractivity contribution < 1.29 is 0 Å². The molecule has 1 aromatic carbocycles. The van der Waals surface area contributed by atoms with Gasteiger partial charge in [0.25, 0.3) is 0 Å². The number of hydrogen-bond donors (Lipinski definition) is 1. The monoisotopic (exact) mass is 235 g/mol. The first-order valence-corrected chi connectivity index (χ1v) is 6.74. The van der Waals surface area contributed by atoms with Crippen molar-refractivity contribution in [3.63, 3.8) is 0 Å². The molecule has 0 radical (unpaired) electrons. The van der Waals surface area contributed by atoms with E-state index in [2.05, 4.69) is 17.4 Å². The zero-order valence-corrected chi connectivity index (χ0v) is 10.3. The van der Waals surface area contributed by atoms with Crippen LogP contribution in [0, 0.1) is 5.92 Å². The molecule has 0 bridgehead atoms. The molecule has 2 heteroatoms. The van der Waals surface area contributed by atoms with Gasteiger partial charge in [0, 0.05) is 17.6 Å². The highest BCUT2D eigenvalue weighted by Crippen LogP contribution is 2.39. The Labute approximate surface area is 102 Å². The van der Waals surface area contributed by atoms with E-state index in [0.29, 0.717) is 6.04 Å². The molecule has 1 atom stereocenters. The summed E-state index contributed by atoms with van der Waals surface area (Å²) >= 11 is 6.10. The summed E-state index contributed by atoms with van der Waals surface area (Å²) in [6, 6.07) is 6.91. The molecule has 86 valence electrons. The van der Waals surface area contributed by atoms with Crippen LogP contribution in [0.5, 0.6) is 0 Å². The van der Waals surface area contributed by atoms with E-state index in [0.717, 1.165) is 17.5 Å². The second-order valence-corrected chi connectivity index (χ2v) is 5.54. The maximum Gasteiger partial charge on any atom is 0.0409 e. The van der Waals surface area contributed by atoms with Crippen molar-refractivity contribution in [2.24, 2.45) is 5.92 Å². The SMILES string of the molecule is Clc1ccc2c(c1)C(C1CCCCC1)NC2. The Morgan fingerprint density at radius 2 is 1.94 bits per heavy atom. The highest BCUT2D eigenvalue weighted by Gasteiger charge is 2.30. The predicted octanol–water partition coefficient (Wildman–Crippen LogP) is 4.06. The van der Waals surface area contributed by atoms with E-state index in [-0.39, 0.29) is 0 Å². The van der Waals surface area contributed by atoms with Gasteiger partial charge in [0.2, 0.25) is 0 Å². The van der Waals surface area contributed by atoms with Crippen LogP contribution in [0.3, 0.4) is 0 Å². The van der Waals surface area contributed by atoms with Gasteiger partial charge in [-0.2, -0.15) is 0 Å². The molecule has 1 nitrogen and oxygen atoms in total. The summed E-state index contributed by atoms with van der Waals surface area (Å²) in [6.45, 7) is 1.02. The smallest absolute Gasteiger partial charge is 0.0409 e. The zero-order chi connectivity index (χ0) is 11.0. The third-order valence-corrected chi connectivity index (χ3v) is 4.31. The lowest BCUT2D eigenvalue weighted by Gasteiger charge is -2.28. The molecule has 1 aliphatic heterocycles. The van der Waals surface area contributed by atoms with E-state index in [1.54, 1.807) is 0 Å². The van der Waals surface area contributed by atoms with E-state index in [4.69, 9.17) is 11.6 Å². The van der Waals surface area contributed by atoms with Crippen LogP contribution in [0.1, 0.15) is 49.3 Å². The van der Waals surface area contributed by atoms with Gasteiger partial charge in [-0.1, -0.05) is 36.9 Å². The van der Waals surface area contributed by atoms with Crippen LogP contribution in [-0.4, -0.2) is 0 Å². The lowest BCUT2D eigenvalue weighted by molar-refractivity contribution is 0.282. The summed E-state index contributed by atoms with van der Waals surface area (Å²) in [4.78, 5) is 0. The standard InChI is InChI=1S/C14H18ClN/c15-12-7-6-11-9-16-14(13(11)8-12)10-4-2-1-3-5-10/h6-8,10,14,16H,1-5,9H2. The summed E-state index contributed by atoms with van der Waals surface area (Å²) in [5.41, 5.74) is 2.90. The van der Waals surface area contributed by atoms with Crippen LogP contribution in [-0.2, 0) is 6.54 Å². The van der Waals surface area contributed by atoms with Gasteiger partial charge in [-0.05, 0) is 42.0 Å². The Hall–Kier alpha value is -0.530. The Bertz CT molecular complexity index is 382. The lowest BCUT2D eigenvalue weighted by atomic mass is 9.81. The Morgan fingerprint density at radius 1 is 1.12 bits per heavy atom. The van der Waals surface area contributed by atoms with Crippen LogP contribution in [0.2, 0.25) is 5.02 Å². The molecular formula is C14H18ClN. The molecule has 1 unspecified atom stereocenters. The van der Waals surface area contributed by atoms with E-state index < -0.39 is 0 Å². The molecule has 1 heterocycles. The lowest BCUT2D eigenvalue weighted by Crippen LogP contribution is -2.23. The first kappa shape index (κ1) is 10.6. The molecule has 1 aromatic rings. The molecule has 1 N–H and O–H groups in total. The van der Waals surface area contributed by atoms with E-state index in [1.807, 2.05) is 6.07 Å². The minimum Gasteiger partial charge on any atom is -0.306 e. The fourth-order valence-electron chi connectivity index (χ4n) is 3.23. The van der Waals surface area contributed by atoms with Crippen molar-refractivity contribution in [1.82, 2.24) is 5.32 Å². The average molecular weight is 236 g/mol. The van der Waals surface area contributed by atoms with Crippen LogP contribution in [0.15, 0.2) is 18.2 Å².